The van der Waals surface area contributed by atoms with Gasteiger partial charge >= 0.3 is 0 Å². The molecule has 0 aromatic carbocycles. The second-order valence-electron chi connectivity index (χ2n) is 3.36. The lowest BCUT2D eigenvalue weighted by molar-refractivity contribution is -0.112. The van der Waals surface area contributed by atoms with Gasteiger partial charge < -0.3 is 5.11 Å². The van der Waals surface area contributed by atoms with Gasteiger partial charge in [0, 0.05) is 11.1 Å². The van der Waals surface area contributed by atoms with E-state index in [0.29, 0.717) is 5.57 Å². The van der Waals surface area contributed by atoms with E-state index in [2.05, 4.69) is 6.58 Å². The zero-order chi connectivity index (χ0) is 10.0. The number of carbonyl (C=O) groups is 1. The largest absolute Gasteiger partial charge is 0.384 e. The molecule has 1 N–H and O–H groups in total. The average molecular weight is 180 g/mol. The highest BCUT2D eigenvalue weighted by atomic mass is 16.3. The van der Waals surface area contributed by atoms with Gasteiger partial charge in [-0.3, -0.25) is 4.79 Å². The van der Waals surface area contributed by atoms with Crippen molar-refractivity contribution in [3.8, 4) is 0 Å². The summed E-state index contributed by atoms with van der Waals surface area (Å²) in [4.78, 5) is 11.6. The number of Topliss-reactive ketones (excluding diaryl/α,β-unsaturated/α-hetero) is 1. The van der Waals surface area contributed by atoms with Gasteiger partial charge in [-0.2, -0.15) is 0 Å². The minimum atomic E-state index is -0.709. The molecule has 0 radical (unpaired) electrons. The van der Waals surface area contributed by atoms with Gasteiger partial charge in [-0.1, -0.05) is 26.8 Å². The fraction of sp³-hybridized carbons (Fsp3) is 0.545. The first-order chi connectivity index (χ1) is 6.13. The second-order valence-corrected chi connectivity index (χ2v) is 3.36. The summed E-state index contributed by atoms with van der Waals surface area (Å²) in [6.45, 7) is 7.59. The number of carbonyl (C=O) groups excluding carboxylic acids is 1. The molecule has 0 saturated carbocycles. The first-order valence-electron chi connectivity index (χ1n) is 4.76. The summed E-state index contributed by atoms with van der Waals surface area (Å²) >= 11 is 0. The SMILES string of the molecule is C=C1C(=O)C(CCC)=C(CC)[C@H]1O. The quantitative estimate of drug-likeness (QED) is 0.674. The van der Waals surface area contributed by atoms with E-state index < -0.39 is 6.10 Å². The Balaban J connectivity index is 3.01. The summed E-state index contributed by atoms with van der Waals surface area (Å²) in [5.74, 6) is -0.0359. The van der Waals surface area contributed by atoms with Crippen molar-refractivity contribution in [1.29, 1.82) is 0 Å². The zero-order valence-electron chi connectivity index (χ0n) is 8.26. The van der Waals surface area contributed by atoms with Gasteiger partial charge in [0.2, 0.25) is 0 Å². The summed E-state index contributed by atoms with van der Waals surface area (Å²) in [6.07, 6.45) is 1.73. The third kappa shape index (κ3) is 1.59. The predicted molar refractivity (Wildman–Crippen MR) is 52.4 cm³/mol. The number of allylic oxidation sites excluding steroid dienone is 1. The average Bonchev–Trinajstić information content (AvgIpc) is 2.32. The van der Waals surface area contributed by atoms with Gasteiger partial charge in [0.25, 0.3) is 0 Å². The maximum atomic E-state index is 11.6. The molecular formula is C11H16O2. The Morgan fingerprint density at radius 3 is 2.54 bits per heavy atom. The Labute approximate surface area is 79.0 Å². The van der Waals surface area contributed by atoms with Crippen molar-refractivity contribution >= 4 is 5.78 Å². The van der Waals surface area contributed by atoms with Gasteiger partial charge in [0.05, 0.1) is 0 Å². The minimum Gasteiger partial charge on any atom is -0.384 e. The van der Waals surface area contributed by atoms with Crippen LogP contribution in [-0.4, -0.2) is 17.0 Å². The summed E-state index contributed by atoms with van der Waals surface area (Å²) in [5, 5.41) is 9.65. The molecule has 2 nitrogen and oxygen atoms in total. The lowest BCUT2D eigenvalue weighted by atomic mass is 10.0. The normalized spacial score (nSPS) is 23.2. The monoisotopic (exact) mass is 180 g/mol. The molecule has 1 atom stereocenters. The first kappa shape index (κ1) is 10.2. The van der Waals surface area contributed by atoms with Gasteiger partial charge in [0.1, 0.15) is 6.10 Å². The van der Waals surface area contributed by atoms with Gasteiger partial charge in [-0.15, -0.1) is 0 Å². The van der Waals surface area contributed by atoms with Crippen LogP contribution in [0.4, 0.5) is 0 Å². The first-order valence-corrected chi connectivity index (χ1v) is 4.76. The number of aliphatic hydroxyl groups excluding tert-OH is 1. The number of aliphatic hydroxyl groups is 1. The van der Waals surface area contributed by atoms with E-state index in [4.69, 9.17) is 0 Å². The van der Waals surface area contributed by atoms with Crippen LogP contribution in [0.2, 0.25) is 0 Å². The molecular weight excluding hydrogens is 164 g/mol. The van der Waals surface area contributed by atoms with E-state index in [1.807, 2.05) is 13.8 Å². The standard InChI is InChI=1S/C11H16O2/c1-4-6-9-8(5-2)10(12)7(3)11(9)13/h10,12H,3-6H2,1-2H3/t10-/m0/s1. The highest BCUT2D eigenvalue weighted by Crippen LogP contribution is 2.31. The molecule has 0 saturated heterocycles. The van der Waals surface area contributed by atoms with Crippen LogP contribution >= 0.6 is 0 Å². The van der Waals surface area contributed by atoms with Crippen LogP contribution in [0.1, 0.15) is 33.1 Å². The zero-order valence-corrected chi connectivity index (χ0v) is 8.26. The lowest BCUT2D eigenvalue weighted by Crippen LogP contribution is -2.09. The van der Waals surface area contributed by atoms with Crippen molar-refractivity contribution < 1.29 is 9.90 Å². The van der Waals surface area contributed by atoms with Crippen LogP contribution in [0, 0.1) is 0 Å². The number of ketones is 1. The van der Waals surface area contributed by atoms with Crippen molar-refractivity contribution in [3.05, 3.63) is 23.3 Å². The van der Waals surface area contributed by atoms with E-state index >= 15 is 0 Å². The van der Waals surface area contributed by atoms with E-state index in [1.165, 1.54) is 0 Å². The van der Waals surface area contributed by atoms with Crippen LogP contribution in [-0.2, 0) is 4.79 Å². The van der Waals surface area contributed by atoms with Crippen LogP contribution in [0.3, 0.4) is 0 Å². The molecule has 1 aliphatic rings. The van der Waals surface area contributed by atoms with Crippen LogP contribution in [0.5, 0.6) is 0 Å². The molecule has 0 amide bonds. The van der Waals surface area contributed by atoms with Gasteiger partial charge in [-0.25, -0.2) is 0 Å². The maximum Gasteiger partial charge on any atom is 0.187 e. The fourth-order valence-electron chi connectivity index (χ4n) is 1.77. The summed E-state index contributed by atoms with van der Waals surface area (Å²) in [6, 6.07) is 0. The number of rotatable bonds is 3. The van der Waals surface area contributed by atoms with Crippen molar-refractivity contribution in [2.75, 3.05) is 0 Å². The van der Waals surface area contributed by atoms with E-state index in [0.717, 1.165) is 30.4 Å². The van der Waals surface area contributed by atoms with Crippen molar-refractivity contribution in [2.45, 2.75) is 39.2 Å². The molecule has 0 bridgehead atoms. The summed E-state index contributed by atoms with van der Waals surface area (Å²) in [5.41, 5.74) is 2.01. The van der Waals surface area contributed by atoms with Crippen LogP contribution < -0.4 is 0 Å². The highest BCUT2D eigenvalue weighted by Gasteiger charge is 2.32. The molecule has 0 aliphatic heterocycles. The fourth-order valence-corrected chi connectivity index (χ4v) is 1.77. The molecule has 1 rings (SSSR count). The molecule has 0 unspecified atom stereocenters. The van der Waals surface area contributed by atoms with Gasteiger partial charge in [-0.05, 0) is 18.4 Å². The van der Waals surface area contributed by atoms with E-state index in [1.54, 1.807) is 0 Å². The molecule has 0 aromatic rings. The van der Waals surface area contributed by atoms with Gasteiger partial charge in [0.15, 0.2) is 5.78 Å². The van der Waals surface area contributed by atoms with Crippen LogP contribution in [0.15, 0.2) is 23.3 Å². The molecule has 0 aromatic heterocycles. The Hall–Kier alpha value is -0.890. The predicted octanol–water partition coefficient (Wildman–Crippen LogP) is 1.99. The summed E-state index contributed by atoms with van der Waals surface area (Å²) < 4.78 is 0. The Morgan fingerprint density at radius 2 is 2.08 bits per heavy atom. The molecule has 1 aliphatic carbocycles. The maximum absolute atomic E-state index is 11.6. The second kappa shape index (κ2) is 3.88. The molecule has 0 fully saturated rings. The summed E-state index contributed by atoms with van der Waals surface area (Å²) in [7, 11) is 0. The smallest absolute Gasteiger partial charge is 0.187 e. The van der Waals surface area contributed by atoms with Crippen LogP contribution in [0.25, 0.3) is 0 Å². The highest BCUT2D eigenvalue weighted by molar-refractivity contribution is 6.12. The topological polar surface area (TPSA) is 37.3 Å². The Morgan fingerprint density at radius 1 is 1.46 bits per heavy atom. The molecule has 0 spiro atoms. The molecule has 13 heavy (non-hydrogen) atoms. The lowest BCUT2D eigenvalue weighted by Gasteiger charge is -2.05. The molecule has 0 heterocycles. The van der Waals surface area contributed by atoms with Crippen molar-refractivity contribution in [2.24, 2.45) is 0 Å². The number of hydrogen-bond acceptors (Lipinski definition) is 2. The third-order valence-corrected chi connectivity index (χ3v) is 2.49. The Kier molecular flexibility index (Phi) is 3.04. The molecule has 2 heteroatoms. The Bertz CT molecular complexity index is 274. The minimum absolute atomic E-state index is 0.0359. The van der Waals surface area contributed by atoms with E-state index in [-0.39, 0.29) is 5.78 Å². The van der Waals surface area contributed by atoms with E-state index in [9.17, 15) is 9.90 Å². The van der Waals surface area contributed by atoms with Crippen molar-refractivity contribution in [1.82, 2.24) is 0 Å². The van der Waals surface area contributed by atoms with Crippen molar-refractivity contribution in [3.63, 3.8) is 0 Å². The third-order valence-electron chi connectivity index (χ3n) is 2.49. The molecule has 72 valence electrons. The number of hydrogen-bond donors (Lipinski definition) is 1.